The molecule has 1 amide bonds. The average molecular weight is 262 g/mol. The second-order valence-electron chi connectivity index (χ2n) is 3.58. The van der Waals surface area contributed by atoms with Crippen LogP contribution in [0.5, 0.6) is 0 Å². The summed E-state index contributed by atoms with van der Waals surface area (Å²) in [6.45, 7) is 0. The lowest BCUT2D eigenvalue weighted by molar-refractivity contribution is -0.383. The van der Waals surface area contributed by atoms with Gasteiger partial charge in [-0.2, -0.15) is 0 Å². The van der Waals surface area contributed by atoms with E-state index in [-0.39, 0.29) is 22.8 Å². The monoisotopic (exact) mass is 262 g/mol. The van der Waals surface area contributed by atoms with Crippen LogP contribution in [-0.2, 0) is 0 Å². The first-order valence-corrected chi connectivity index (χ1v) is 5.29. The van der Waals surface area contributed by atoms with Gasteiger partial charge < -0.3 is 15.2 Å². The largest absolute Gasteiger partial charge is 0.383 e. The molecule has 8 nitrogen and oxygen atoms in total. The number of amides is 1. The third-order valence-electron chi connectivity index (χ3n) is 2.40. The molecule has 1 aromatic heterocycles. The molecule has 2 aromatic rings. The second kappa shape index (κ2) is 5.17. The summed E-state index contributed by atoms with van der Waals surface area (Å²) in [6, 6.07) is 5.52. The topological polar surface area (TPSA) is 110 Å². The Balaban J connectivity index is 2.25. The molecule has 0 atom stereocenters. The summed E-state index contributed by atoms with van der Waals surface area (Å²) >= 11 is 0. The summed E-state index contributed by atoms with van der Waals surface area (Å²) in [5, 5.41) is 19.5. The van der Waals surface area contributed by atoms with E-state index in [0.29, 0.717) is 0 Å². The van der Waals surface area contributed by atoms with Crippen molar-refractivity contribution in [3.8, 4) is 0 Å². The summed E-state index contributed by atoms with van der Waals surface area (Å²) in [4.78, 5) is 22.1. The zero-order valence-electron chi connectivity index (χ0n) is 9.91. The van der Waals surface area contributed by atoms with Crippen LogP contribution in [0.2, 0.25) is 0 Å². The van der Waals surface area contributed by atoms with Crippen molar-refractivity contribution >= 4 is 23.1 Å². The highest BCUT2D eigenvalue weighted by Gasteiger charge is 2.16. The van der Waals surface area contributed by atoms with Crippen molar-refractivity contribution in [2.45, 2.75) is 0 Å². The van der Waals surface area contributed by atoms with E-state index < -0.39 is 10.8 Å². The molecule has 0 saturated heterocycles. The Labute approximate surface area is 107 Å². The number of benzene rings is 1. The molecule has 2 rings (SSSR count). The zero-order chi connectivity index (χ0) is 13.8. The first kappa shape index (κ1) is 12.6. The summed E-state index contributed by atoms with van der Waals surface area (Å²) in [7, 11) is 1.54. The fraction of sp³-hybridized carbons (Fsp3) is 0.0909. The maximum Gasteiger partial charge on any atom is 0.292 e. The fourth-order valence-electron chi connectivity index (χ4n) is 1.50. The third-order valence-corrected chi connectivity index (χ3v) is 2.40. The van der Waals surface area contributed by atoms with Crippen LogP contribution in [0.4, 0.5) is 17.2 Å². The van der Waals surface area contributed by atoms with Gasteiger partial charge in [0.25, 0.3) is 11.6 Å². The van der Waals surface area contributed by atoms with Gasteiger partial charge in [0.05, 0.1) is 4.92 Å². The van der Waals surface area contributed by atoms with Gasteiger partial charge in [0.1, 0.15) is 12.0 Å². The van der Waals surface area contributed by atoms with Crippen LogP contribution in [0.15, 0.2) is 35.1 Å². The molecule has 0 bridgehead atoms. The lowest BCUT2D eigenvalue weighted by Gasteiger charge is -2.05. The molecular weight excluding hydrogens is 252 g/mol. The van der Waals surface area contributed by atoms with Gasteiger partial charge in [-0.15, -0.1) is 0 Å². The van der Waals surface area contributed by atoms with Crippen LogP contribution in [0.1, 0.15) is 10.4 Å². The summed E-state index contributed by atoms with van der Waals surface area (Å²) < 4.78 is 4.58. The molecule has 0 aliphatic heterocycles. The Morgan fingerprint density at radius 3 is 2.79 bits per heavy atom. The smallest absolute Gasteiger partial charge is 0.292 e. The van der Waals surface area contributed by atoms with E-state index in [9.17, 15) is 14.9 Å². The van der Waals surface area contributed by atoms with Crippen molar-refractivity contribution in [2.75, 3.05) is 17.7 Å². The quantitative estimate of drug-likeness (QED) is 0.642. The number of aromatic nitrogens is 1. The Morgan fingerprint density at radius 1 is 1.42 bits per heavy atom. The van der Waals surface area contributed by atoms with Crippen LogP contribution in [-0.4, -0.2) is 23.0 Å². The number of carbonyl (C=O) groups is 1. The van der Waals surface area contributed by atoms with E-state index in [1.54, 1.807) is 7.05 Å². The van der Waals surface area contributed by atoms with E-state index in [2.05, 4.69) is 20.3 Å². The number of carbonyl (C=O) groups excluding carboxylic acids is 1. The number of nitrogens with one attached hydrogen (secondary N) is 2. The van der Waals surface area contributed by atoms with Crippen LogP contribution >= 0.6 is 0 Å². The predicted octanol–water partition coefficient (Wildman–Crippen LogP) is 1.88. The van der Waals surface area contributed by atoms with Crippen molar-refractivity contribution < 1.29 is 14.2 Å². The number of hydrogen-bond donors (Lipinski definition) is 2. The number of hydrogen-bond acceptors (Lipinski definition) is 6. The fourth-order valence-corrected chi connectivity index (χ4v) is 1.50. The van der Waals surface area contributed by atoms with Crippen LogP contribution < -0.4 is 10.6 Å². The van der Waals surface area contributed by atoms with E-state index in [0.717, 1.165) is 0 Å². The van der Waals surface area contributed by atoms with Crippen LogP contribution in [0, 0.1) is 10.1 Å². The highest BCUT2D eigenvalue weighted by molar-refractivity contribution is 6.04. The minimum atomic E-state index is -0.523. The molecule has 0 saturated carbocycles. The molecule has 98 valence electrons. The predicted molar refractivity (Wildman–Crippen MR) is 67.1 cm³/mol. The van der Waals surface area contributed by atoms with Gasteiger partial charge in [-0.05, 0) is 12.1 Å². The molecule has 0 aliphatic carbocycles. The summed E-state index contributed by atoms with van der Waals surface area (Å²) in [6.07, 6.45) is 1.32. The van der Waals surface area contributed by atoms with Gasteiger partial charge >= 0.3 is 0 Å². The van der Waals surface area contributed by atoms with Crippen LogP contribution in [0.3, 0.4) is 0 Å². The number of nitro benzene ring substituents is 1. The Hall–Kier alpha value is -2.90. The van der Waals surface area contributed by atoms with Gasteiger partial charge in [-0.3, -0.25) is 14.9 Å². The highest BCUT2D eigenvalue weighted by atomic mass is 16.6. The molecule has 2 N–H and O–H groups in total. The molecule has 8 heteroatoms. The summed E-state index contributed by atoms with van der Waals surface area (Å²) in [5.74, 6) is -0.158. The van der Waals surface area contributed by atoms with Gasteiger partial charge in [0, 0.05) is 24.7 Å². The summed E-state index contributed by atoms with van der Waals surface area (Å²) in [5.41, 5.74) is 0.441. The molecule has 0 radical (unpaired) electrons. The molecule has 0 spiro atoms. The first-order chi connectivity index (χ1) is 9.11. The normalized spacial score (nSPS) is 9.95. The molecule has 1 aromatic carbocycles. The number of nitro groups is 1. The molecule has 0 unspecified atom stereocenters. The van der Waals surface area contributed by atoms with E-state index >= 15 is 0 Å². The first-order valence-electron chi connectivity index (χ1n) is 5.29. The molecule has 1 heterocycles. The van der Waals surface area contributed by atoms with Crippen molar-refractivity contribution in [2.24, 2.45) is 0 Å². The van der Waals surface area contributed by atoms with E-state index in [4.69, 9.17) is 0 Å². The minimum Gasteiger partial charge on any atom is -0.383 e. The van der Waals surface area contributed by atoms with Gasteiger partial charge in [-0.1, -0.05) is 5.16 Å². The molecule has 19 heavy (non-hydrogen) atoms. The Bertz CT molecular complexity index is 609. The lowest BCUT2D eigenvalue weighted by Crippen LogP contribution is -2.12. The zero-order valence-corrected chi connectivity index (χ0v) is 9.91. The number of anilines is 2. The molecule has 0 fully saturated rings. The number of nitrogens with zero attached hydrogens (tertiary/aromatic N) is 2. The molecular formula is C11H10N4O4. The maximum atomic E-state index is 11.9. The van der Waals surface area contributed by atoms with Gasteiger partial charge in [0.15, 0.2) is 5.82 Å². The lowest BCUT2D eigenvalue weighted by atomic mass is 10.1. The van der Waals surface area contributed by atoms with E-state index in [1.807, 2.05) is 0 Å². The SMILES string of the molecule is CNc1cc(C(=O)Nc2ccon2)ccc1[N+](=O)[O-]. The van der Waals surface area contributed by atoms with Crippen LogP contribution in [0.25, 0.3) is 0 Å². The minimum absolute atomic E-state index is 0.0968. The Kier molecular flexibility index (Phi) is 3.42. The highest BCUT2D eigenvalue weighted by Crippen LogP contribution is 2.25. The van der Waals surface area contributed by atoms with Crippen molar-refractivity contribution in [1.82, 2.24) is 5.16 Å². The van der Waals surface area contributed by atoms with Crippen molar-refractivity contribution in [3.05, 3.63) is 46.2 Å². The standard InChI is InChI=1S/C11H10N4O4/c1-12-8-6-7(2-3-9(8)15(17)18)11(16)13-10-4-5-19-14-10/h2-6,12H,1H3,(H,13,14,16). The second-order valence-corrected chi connectivity index (χ2v) is 3.58. The average Bonchev–Trinajstić information content (AvgIpc) is 2.90. The van der Waals surface area contributed by atoms with Crippen molar-refractivity contribution in [3.63, 3.8) is 0 Å². The van der Waals surface area contributed by atoms with E-state index in [1.165, 1.54) is 30.5 Å². The van der Waals surface area contributed by atoms with Gasteiger partial charge in [-0.25, -0.2) is 0 Å². The van der Waals surface area contributed by atoms with Gasteiger partial charge in [0.2, 0.25) is 0 Å². The third kappa shape index (κ3) is 2.68. The Morgan fingerprint density at radius 2 is 2.21 bits per heavy atom. The van der Waals surface area contributed by atoms with Crippen molar-refractivity contribution in [1.29, 1.82) is 0 Å². The number of rotatable bonds is 4. The molecule has 0 aliphatic rings. The maximum absolute atomic E-state index is 11.9.